The lowest BCUT2D eigenvalue weighted by Crippen LogP contribution is -2.26. The van der Waals surface area contributed by atoms with Crippen molar-refractivity contribution in [2.45, 2.75) is 58.9 Å². The van der Waals surface area contributed by atoms with Gasteiger partial charge < -0.3 is 16.0 Å². The van der Waals surface area contributed by atoms with Crippen LogP contribution >= 0.6 is 22.9 Å². The zero-order valence-electron chi connectivity index (χ0n) is 27.6. The number of halogens is 1. The number of hydrogen-bond donors (Lipinski definition) is 3. The van der Waals surface area contributed by atoms with Gasteiger partial charge >= 0.3 is 0 Å². The number of aryl methyl sites for hydroxylation is 2. The van der Waals surface area contributed by atoms with Gasteiger partial charge in [0.15, 0.2) is 5.82 Å². The fourth-order valence-corrected chi connectivity index (χ4v) is 7.76. The van der Waals surface area contributed by atoms with Crippen molar-refractivity contribution in [3.8, 4) is 16.1 Å². The third-order valence-electron chi connectivity index (χ3n) is 9.05. The van der Waals surface area contributed by atoms with Crippen molar-refractivity contribution in [3.63, 3.8) is 0 Å². The lowest BCUT2D eigenvalue weighted by molar-refractivity contribution is -0.121. The van der Waals surface area contributed by atoms with Crippen LogP contribution in [0.1, 0.15) is 70.5 Å². The number of carbonyl (C=O) groups is 2. The van der Waals surface area contributed by atoms with Crippen LogP contribution in [0.2, 0.25) is 5.02 Å². The normalized spacial score (nSPS) is 14.7. The highest BCUT2D eigenvalue weighted by Crippen LogP contribution is 2.39. The van der Waals surface area contributed by atoms with Gasteiger partial charge in [-0.25, -0.2) is 4.98 Å². The summed E-state index contributed by atoms with van der Waals surface area (Å²) < 4.78 is 2.06. The van der Waals surface area contributed by atoms with Gasteiger partial charge in [0, 0.05) is 51.6 Å². The number of nitrogens with one attached hydrogen (secondary N) is 3. The van der Waals surface area contributed by atoms with Crippen LogP contribution in [0, 0.1) is 20.8 Å². The molecule has 2 aromatic carbocycles. The topological polar surface area (TPSA) is 126 Å². The van der Waals surface area contributed by atoms with E-state index in [0.717, 1.165) is 87.2 Å². The minimum absolute atomic E-state index is 0.0240. The molecule has 0 bridgehead atoms. The van der Waals surface area contributed by atoms with E-state index in [1.54, 1.807) is 17.5 Å². The van der Waals surface area contributed by atoms with Crippen LogP contribution in [0.3, 0.4) is 0 Å². The molecule has 0 saturated heterocycles. The highest BCUT2D eigenvalue weighted by Gasteiger charge is 2.32. The zero-order chi connectivity index (χ0) is 34.1. The van der Waals surface area contributed by atoms with Crippen LogP contribution in [-0.2, 0) is 16.0 Å². The second-order valence-electron chi connectivity index (χ2n) is 12.4. The molecule has 2 aliphatic heterocycles. The largest absolute Gasteiger partial charge is 0.370 e. The van der Waals surface area contributed by atoms with Crippen LogP contribution in [0.25, 0.3) is 16.1 Å². The van der Waals surface area contributed by atoms with E-state index in [-0.39, 0.29) is 18.2 Å². The Morgan fingerprint density at radius 1 is 1.02 bits per heavy atom. The smallest absolute Gasteiger partial charge is 0.228 e. The van der Waals surface area contributed by atoms with Crippen LogP contribution in [0.15, 0.2) is 65.8 Å². The fraction of sp³-hybridized carbons (Fsp3) is 0.297. The Hall–Kier alpha value is -4.87. The third-order valence-corrected chi connectivity index (χ3v) is 10.5. The Morgan fingerprint density at radius 2 is 1.82 bits per heavy atom. The monoisotopic (exact) mass is 692 g/mol. The summed E-state index contributed by atoms with van der Waals surface area (Å²) in [6.07, 6.45) is 5.06. The molecule has 0 fully saturated rings. The molecule has 5 heterocycles. The molecule has 0 saturated carbocycles. The van der Waals surface area contributed by atoms with Gasteiger partial charge in [0.25, 0.3) is 0 Å². The van der Waals surface area contributed by atoms with Gasteiger partial charge in [-0.2, -0.15) is 0 Å². The summed E-state index contributed by atoms with van der Waals surface area (Å²) in [4.78, 5) is 36.1. The van der Waals surface area contributed by atoms with Crippen molar-refractivity contribution in [1.82, 2.24) is 25.1 Å². The van der Waals surface area contributed by atoms with Crippen molar-refractivity contribution in [1.29, 1.82) is 0 Å². The molecule has 3 N–H and O–H groups in total. The van der Waals surface area contributed by atoms with Crippen molar-refractivity contribution < 1.29 is 9.59 Å². The van der Waals surface area contributed by atoms with E-state index in [0.29, 0.717) is 23.8 Å². The quantitative estimate of drug-likeness (QED) is 0.126. The standard InChI is InChI=1S/C37H37ClN8O2S/c1-21-22(2)49-37-33(21)34(24-9-12-27(38)13-10-24)43-30(36-45-44-23(3)46(36)37)20-31(47)39-15-5-4-6-16-40-35-28(8-7-17-41-35)25-11-14-29-26(18-25)19-32(48)42-29/h7-14,17-18,30H,4-6,15-16,19-20H2,1-3H3,(H,39,47)(H,40,41)(H,42,48)/t30-/m0/s1. The molecule has 1 atom stereocenters. The Balaban J connectivity index is 0.958. The molecule has 49 heavy (non-hydrogen) atoms. The van der Waals surface area contributed by atoms with Gasteiger partial charge in [-0.3, -0.25) is 19.1 Å². The average molecular weight is 693 g/mol. The molecular weight excluding hydrogens is 656 g/mol. The first-order valence-corrected chi connectivity index (χ1v) is 17.7. The number of carbonyl (C=O) groups excluding carboxylic acids is 2. The van der Waals surface area contributed by atoms with Crippen molar-refractivity contribution in [2.75, 3.05) is 23.7 Å². The Morgan fingerprint density at radius 3 is 2.65 bits per heavy atom. The molecule has 5 aromatic rings. The molecule has 3 aromatic heterocycles. The lowest BCUT2D eigenvalue weighted by Gasteiger charge is -2.13. The fourth-order valence-electron chi connectivity index (χ4n) is 6.42. The number of pyridine rings is 1. The maximum atomic E-state index is 13.3. The van der Waals surface area contributed by atoms with E-state index in [9.17, 15) is 9.59 Å². The van der Waals surface area contributed by atoms with Crippen LogP contribution in [0.5, 0.6) is 0 Å². The molecule has 10 nitrogen and oxygen atoms in total. The highest BCUT2D eigenvalue weighted by molar-refractivity contribution is 7.15. The second-order valence-corrected chi connectivity index (χ2v) is 14.1. The molecule has 7 rings (SSSR count). The summed E-state index contributed by atoms with van der Waals surface area (Å²) >= 11 is 7.92. The molecule has 0 radical (unpaired) electrons. The minimum atomic E-state index is -0.495. The number of aromatic nitrogens is 4. The van der Waals surface area contributed by atoms with Gasteiger partial charge in [-0.05, 0) is 93.1 Å². The van der Waals surface area contributed by atoms with Crippen LogP contribution < -0.4 is 16.0 Å². The van der Waals surface area contributed by atoms with Gasteiger partial charge in [0.1, 0.15) is 22.7 Å². The number of rotatable bonds is 11. The minimum Gasteiger partial charge on any atom is -0.370 e. The number of amides is 2. The van der Waals surface area contributed by atoms with E-state index >= 15 is 0 Å². The van der Waals surface area contributed by atoms with E-state index in [4.69, 9.17) is 16.6 Å². The van der Waals surface area contributed by atoms with Crippen LogP contribution in [-0.4, -0.2) is 50.4 Å². The number of aliphatic imine (C=N–C) groups is 1. The molecule has 0 aliphatic carbocycles. The number of unbranched alkanes of at least 4 members (excludes halogenated alkanes) is 2. The zero-order valence-corrected chi connectivity index (χ0v) is 29.2. The molecule has 2 aliphatic rings. The molecular formula is C37H37ClN8O2S. The first-order chi connectivity index (χ1) is 23.8. The Kier molecular flexibility index (Phi) is 9.29. The number of fused-ring (bicyclic) bond motifs is 4. The van der Waals surface area contributed by atoms with E-state index in [1.165, 1.54) is 4.88 Å². The second kappa shape index (κ2) is 13.9. The molecule has 2 amide bonds. The summed E-state index contributed by atoms with van der Waals surface area (Å²) in [6, 6.07) is 17.2. The summed E-state index contributed by atoms with van der Waals surface area (Å²) in [5.41, 5.74) is 7.90. The summed E-state index contributed by atoms with van der Waals surface area (Å²) in [5, 5.41) is 20.0. The summed E-state index contributed by atoms with van der Waals surface area (Å²) in [7, 11) is 0. The van der Waals surface area contributed by atoms with E-state index in [1.807, 2.05) is 55.5 Å². The van der Waals surface area contributed by atoms with Gasteiger partial charge in [-0.1, -0.05) is 29.8 Å². The van der Waals surface area contributed by atoms with Gasteiger partial charge in [0.05, 0.1) is 18.6 Å². The maximum Gasteiger partial charge on any atom is 0.228 e. The van der Waals surface area contributed by atoms with Gasteiger partial charge in [0.2, 0.25) is 11.8 Å². The maximum absolute atomic E-state index is 13.3. The Labute approximate surface area is 294 Å². The third kappa shape index (κ3) is 6.73. The van der Waals surface area contributed by atoms with Gasteiger partial charge in [-0.15, -0.1) is 21.5 Å². The van der Waals surface area contributed by atoms with Crippen LogP contribution in [0.4, 0.5) is 11.5 Å². The summed E-state index contributed by atoms with van der Waals surface area (Å²) in [6.45, 7) is 7.50. The number of anilines is 2. The number of benzene rings is 2. The predicted molar refractivity (Wildman–Crippen MR) is 195 cm³/mol. The highest BCUT2D eigenvalue weighted by atomic mass is 35.5. The van der Waals surface area contributed by atoms with Crippen molar-refractivity contribution in [3.05, 3.63) is 105 Å². The number of hydrogen-bond acceptors (Lipinski definition) is 8. The first-order valence-electron chi connectivity index (χ1n) is 16.5. The first kappa shape index (κ1) is 32.7. The molecule has 250 valence electrons. The Bertz CT molecular complexity index is 2080. The summed E-state index contributed by atoms with van der Waals surface area (Å²) in [5.74, 6) is 2.21. The number of nitrogens with zero attached hydrogens (tertiary/aromatic N) is 5. The molecule has 0 unspecified atom stereocenters. The number of thiophene rings is 1. The van der Waals surface area contributed by atoms with E-state index < -0.39 is 6.04 Å². The molecule has 0 spiro atoms. The molecule has 12 heteroatoms. The average Bonchev–Trinajstić information content (AvgIpc) is 3.73. The van der Waals surface area contributed by atoms with E-state index in [2.05, 4.69) is 55.6 Å². The van der Waals surface area contributed by atoms with Crippen molar-refractivity contribution in [2.24, 2.45) is 4.99 Å². The van der Waals surface area contributed by atoms with Crippen molar-refractivity contribution >= 4 is 52.0 Å². The SMILES string of the molecule is Cc1sc2c(c1C)C(c1ccc(Cl)cc1)=N[C@@H](CC(=O)NCCCCCNc1ncccc1-c1ccc3c(c1)CC(=O)N3)c1nnc(C)n1-2. The lowest BCUT2D eigenvalue weighted by atomic mass is 9.99. The predicted octanol–water partition coefficient (Wildman–Crippen LogP) is 7.14.